The lowest BCUT2D eigenvalue weighted by Gasteiger charge is -2.36. The smallest absolute Gasteiger partial charge is 0.00954 e. The molecule has 3 fully saturated rings. The molecule has 0 aromatic heterocycles. The molecule has 94 valence electrons. The number of rotatable bonds is 5. The van der Waals surface area contributed by atoms with Gasteiger partial charge in [0.05, 0.1) is 0 Å². The molecular formula is C14H28N2. The van der Waals surface area contributed by atoms with Crippen molar-refractivity contribution in [3.8, 4) is 0 Å². The third-order valence-electron chi connectivity index (χ3n) is 4.24. The van der Waals surface area contributed by atoms with E-state index in [4.69, 9.17) is 0 Å². The summed E-state index contributed by atoms with van der Waals surface area (Å²) in [5.74, 6) is 1.02. The summed E-state index contributed by atoms with van der Waals surface area (Å²) in [4.78, 5) is 2.78. The second-order valence-electron chi connectivity index (χ2n) is 5.99. The second-order valence-corrected chi connectivity index (χ2v) is 5.99. The summed E-state index contributed by atoms with van der Waals surface area (Å²) in [5.41, 5.74) is 0. The van der Waals surface area contributed by atoms with Crippen LogP contribution in [-0.4, -0.2) is 36.6 Å². The van der Waals surface area contributed by atoms with E-state index < -0.39 is 0 Å². The lowest BCUT2D eigenvalue weighted by Crippen LogP contribution is -2.42. The van der Waals surface area contributed by atoms with E-state index in [0.29, 0.717) is 6.04 Å². The van der Waals surface area contributed by atoms with Gasteiger partial charge in [0, 0.05) is 18.6 Å². The molecule has 0 spiro atoms. The Kier molecular flexibility index (Phi) is 4.66. The highest BCUT2D eigenvalue weighted by molar-refractivity contribution is 4.85. The van der Waals surface area contributed by atoms with Crippen LogP contribution in [0.2, 0.25) is 0 Å². The Morgan fingerprint density at radius 3 is 2.88 bits per heavy atom. The first-order chi connectivity index (χ1) is 7.75. The van der Waals surface area contributed by atoms with Crippen LogP contribution >= 0.6 is 0 Å². The van der Waals surface area contributed by atoms with Crippen LogP contribution in [0.25, 0.3) is 0 Å². The van der Waals surface area contributed by atoms with E-state index >= 15 is 0 Å². The highest BCUT2D eigenvalue weighted by Crippen LogP contribution is 2.32. The third kappa shape index (κ3) is 3.46. The van der Waals surface area contributed by atoms with Crippen LogP contribution in [-0.2, 0) is 0 Å². The molecular weight excluding hydrogens is 196 g/mol. The van der Waals surface area contributed by atoms with Crippen LogP contribution in [0.3, 0.4) is 0 Å². The topological polar surface area (TPSA) is 15.3 Å². The van der Waals surface area contributed by atoms with Crippen molar-refractivity contribution >= 4 is 0 Å². The summed E-state index contributed by atoms with van der Waals surface area (Å²) in [5, 5.41) is 3.52. The molecule has 2 saturated heterocycles. The monoisotopic (exact) mass is 224 g/mol. The molecule has 3 aliphatic rings. The predicted octanol–water partition coefficient (Wildman–Crippen LogP) is 2.64. The molecule has 2 unspecified atom stereocenters. The Labute approximate surface area is 101 Å². The molecule has 1 aliphatic carbocycles. The van der Waals surface area contributed by atoms with Crippen molar-refractivity contribution in [1.82, 2.24) is 10.2 Å². The van der Waals surface area contributed by atoms with E-state index in [1.165, 1.54) is 58.2 Å². The molecule has 2 heterocycles. The first-order valence-corrected chi connectivity index (χ1v) is 7.23. The molecule has 3 rings (SSSR count). The highest BCUT2D eigenvalue weighted by atomic mass is 15.2. The standard InChI is InChI=1S/C14H28N2/c1-12(2)15-9-4-10-16-11-13-5-3-6-14(16)8-7-13/h12-15H,3-11H2,1-2H3. The van der Waals surface area contributed by atoms with Gasteiger partial charge in [0.25, 0.3) is 0 Å². The fourth-order valence-corrected chi connectivity index (χ4v) is 3.33. The normalized spacial score (nSPS) is 30.9. The quantitative estimate of drug-likeness (QED) is 0.722. The Morgan fingerprint density at radius 2 is 2.06 bits per heavy atom. The summed E-state index contributed by atoms with van der Waals surface area (Å²) in [6.45, 7) is 8.36. The zero-order chi connectivity index (χ0) is 11.4. The molecule has 0 aromatic carbocycles. The van der Waals surface area contributed by atoms with Crippen molar-refractivity contribution in [2.75, 3.05) is 19.6 Å². The Morgan fingerprint density at radius 1 is 1.19 bits per heavy atom. The Balaban J connectivity index is 1.69. The van der Waals surface area contributed by atoms with Crippen LogP contribution in [0.15, 0.2) is 0 Å². The van der Waals surface area contributed by atoms with Crippen molar-refractivity contribution in [3.63, 3.8) is 0 Å². The molecule has 1 N–H and O–H groups in total. The Hall–Kier alpha value is -0.0800. The first-order valence-electron chi connectivity index (χ1n) is 7.23. The molecule has 0 radical (unpaired) electrons. The van der Waals surface area contributed by atoms with Crippen LogP contribution in [0.1, 0.15) is 52.4 Å². The molecule has 2 atom stereocenters. The van der Waals surface area contributed by atoms with Gasteiger partial charge in [-0.05, 0) is 51.1 Å². The average Bonchev–Trinajstić information content (AvgIpc) is 2.58. The molecule has 2 bridgehead atoms. The van der Waals surface area contributed by atoms with Gasteiger partial charge >= 0.3 is 0 Å². The van der Waals surface area contributed by atoms with E-state index in [-0.39, 0.29) is 0 Å². The summed E-state index contributed by atoms with van der Waals surface area (Å²) in [7, 11) is 0. The molecule has 0 aromatic rings. The summed E-state index contributed by atoms with van der Waals surface area (Å²) < 4.78 is 0. The van der Waals surface area contributed by atoms with Gasteiger partial charge in [0.15, 0.2) is 0 Å². The van der Waals surface area contributed by atoms with E-state index in [9.17, 15) is 0 Å². The van der Waals surface area contributed by atoms with Gasteiger partial charge in [-0.2, -0.15) is 0 Å². The number of nitrogens with zero attached hydrogens (tertiary/aromatic N) is 1. The minimum Gasteiger partial charge on any atom is -0.314 e. The fourth-order valence-electron chi connectivity index (χ4n) is 3.33. The lowest BCUT2D eigenvalue weighted by molar-refractivity contribution is 0.122. The maximum absolute atomic E-state index is 3.52. The first kappa shape index (κ1) is 12.4. The number of fused-ring (bicyclic) bond motifs is 4. The molecule has 1 saturated carbocycles. The average molecular weight is 224 g/mol. The van der Waals surface area contributed by atoms with Gasteiger partial charge in [0.2, 0.25) is 0 Å². The summed E-state index contributed by atoms with van der Waals surface area (Å²) in [6, 6.07) is 1.57. The minimum atomic E-state index is 0.639. The van der Waals surface area contributed by atoms with Crippen LogP contribution in [0, 0.1) is 5.92 Å². The van der Waals surface area contributed by atoms with Crippen LogP contribution in [0.4, 0.5) is 0 Å². The van der Waals surface area contributed by atoms with Gasteiger partial charge in [-0.25, -0.2) is 0 Å². The van der Waals surface area contributed by atoms with Gasteiger partial charge in [-0.1, -0.05) is 20.3 Å². The van der Waals surface area contributed by atoms with Gasteiger partial charge < -0.3 is 10.2 Å². The predicted molar refractivity (Wildman–Crippen MR) is 69.7 cm³/mol. The van der Waals surface area contributed by atoms with Crippen LogP contribution in [0.5, 0.6) is 0 Å². The van der Waals surface area contributed by atoms with E-state index in [1.54, 1.807) is 0 Å². The van der Waals surface area contributed by atoms with Gasteiger partial charge in [-0.15, -0.1) is 0 Å². The van der Waals surface area contributed by atoms with Crippen molar-refractivity contribution in [2.24, 2.45) is 5.92 Å². The number of hydrogen-bond donors (Lipinski definition) is 1. The SMILES string of the molecule is CC(C)NCCCN1CC2CCCC1CC2. The van der Waals surface area contributed by atoms with Gasteiger partial charge in [-0.3, -0.25) is 0 Å². The van der Waals surface area contributed by atoms with E-state index in [1.807, 2.05) is 0 Å². The number of hydrogen-bond acceptors (Lipinski definition) is 2. The maximum Gasteiger partial charge on any atom is 0.00954 e. The lowest BCUT2D eigenvalue weighted by atomic mass is 9.94. The van der Waals surface area contributed by atoms with Crippen molar-refractivity contribution in [2.45, 2.75) is 64.5 Å². The molecule has 2 heteroatoms. The van der Waals surface area contributed by atoms with Crippen LogP contribution < -0.4 is 5.32 Å². The van der Waals surface area contributed by atoms with E-state index in [0.717, 1.165) is 12.0 Å². The molecule has 2 nitrogen and oxygen atoms in total. The van der Waals surface area contributed by atoms with E-state index in [2.05, 4.69) is 24.1 Å². The number of nitrogens with one attached hydrogen (secondary N) is 1. The van der Waals surface area contributed by atoms with Crippen molar-refractivity contribution < 1.29 is 0 Å². The highest BCUT2D eigenvalue weighted by Gasteiger charge is 2.30. The largest absolute Gasteiger partial charge is 0.314 e. The second kappa shape index (κ2) is 6.02. The van der Waals surface area contributed by atoms with Crippen molar-refractivity contribution in [3.05, 3.63) is 0 Å². The number of piperidine rings is 1. The zero-order valence-electron chi connectivity index (χ0n) is 11.0. The minimum absolute atomic E-state index is 0.639. The fraction of sp³-hybridized carbons (Fsp3) is 1.00. The molecule has 16 heavy (non-hydrogen) atoms. The zero-order valence-corrected chi connectivity index (χ0v) is 11.0. The summed E-state index contributed by atoms with van der Waals surface area (Å²) >= 11 is 0. The third-order valence-corrected chi connectivity index (χ3v) is 4.24. The van der Waals surface area contributed by atoms with Gasteiger partial charge in [0.1, 0.15) is 0 Å². The molecule has 2 aliphatic heterocycles. The summed E-state index contributed by atoms with van der Waals surface area (Å²) in [6.07, 6.45) is 8.75. The molecule has 0 amide bonds. The Bertz CT molecular complexity index is 199. The maximum atomic E-state index is 3.52. The van der Waals surface area contributed by atoms with Crippen molar-refractivity contribution in [1.29, 1.82) is 0 Å².